The van der Waals surface area contributed by atoms with E-state index in [1.54, 1.807) is 22.7 Å². The van der Waals surface area contributed by atoms with Crippen LogP contribution in [0.3, 0.4) is 0 Å². The summed E-state index contributed by atoms with van der Waals surface area (Å²) in [6.07, 6.45) is 5.09. The van der Waals surface area contributed by atoms with Gasteiger partial charge in [0.05, 0.1) is 10.5 Å². The molecule has 2 fully saturated rings. The van der Waals surface area contributed by atoms with E-state index in [1.165, 1.54) is 22.2 Å². The van der Waals surface area contributed by atoms with Gasteiger partial charge in [0.1, 0.15) is 15.8 Å². The van der Waals surface area contributed by atoms with Gasteiger partial charge in [-0.2, -0.15) is 0 Å². The molecule has 0 N–H and O–H groups in total. The summed E-state index contributed by atoms with van der Waals surface area (Å²) < 4.78 is 2.02. The number of rotatable bonds is 6. The lowest BCUT2D eigenvalue weighted by atomic mass is 10.2. The van der Waals surface area contributed by atoms with Crippen LogP contribution in [0.4, 0.5) is 5.82 Å². The number of hydrogen-bond acceptors (Lipinski definition) is 7. The molecule has 2 aromatic heterocycles. The van der Waals surface area contributed by atoms with Gasteiger partial charge in [0.15, 0.2) is 0 Å². The summed E-state index contributed by atoms with van der Waals surface area (Å²) in [4.78, 5) is 38.1. The first-order valence-electron chi connectivity index (χ1n) is 11.8. The fourth-order valence-electron chi connectivity index (χ4n) is 4.49. The number of thiocarbonyl (C=S) groups is 1. The summed E-state index contributed by atoms with van der Waals surface area (Å²) in [5.74, 6) is 0.398. The molecule has 2 saturated heterocycles. The van der Waals surface area contributed by atoms with Crippen LogP contribution in [0.15, 0.2) is 71.0 Å². The monoisotopic (exact) mass is 517 g/mol. The van der Waals surface area contributed by atoms with E-state index in [1.807, 2.05) is 25.1 Å². The third-order valence-electron chi connectivity index (χ3n) is 6.37. The number of benzene rings is 1. The molecule has 0 aliphatic carbocycles. The summed E-state index contributed by atoms with van der Waals surface area (Å²) in [6.45, 7) is 10.1. The quantitative estimate of drug-likeness (QED) is 0.281. The average molecular weight is 518 g/mol. The van der Waals surface area contributed by atoms with Crippen molar-refractivity contribution in [2.75, 3.05) is 37.6 Å². The molecule has 2 aliphatic rings. The van der Waals surface area contributed by atoms with Crippen LogP contribution in [-0.4, -0.2) is 62.1 Å². The van der Waals surface area contributed by atoms with Crippen molar-refractivity contribution in [2.45, 2.75) is 13.5 Å². The lowest BCUT2D eigenvalue weighted by molar-refractivity contribution is -0.121. The second kappa shape index (κ2) is 10.4. The smallest absolute Gasteiger partial charge is 0.267 e. The largest absolute Gasteiger partial charge is 0.353 e. The summed E-state index contributed by atoms with van der Waals surface area (Å²) in [7, 11) is 0. The van der Waals surface area contributed by atoms with E-state index in [0.29, 0.717) is 32.8 Å². The van der Waals surface area contributed by atoms with Crippen LogP contribution in [-0.2, 0) is 11.3 Å². The Labute approximate surface area is 219 Å². The Morgan fingerprint density at radius 1 is 1.08 bits per heavy atom. The summed E-state index contributed by atoms with van der Waals surface area (Å²) in [6, 6.07) is 14.2. The standard InChI is InChI=1S/C27H27N5O2S2/c1-3-11-31-26(34)22(36-27(31)35)16-21-24(28-23-10-9-19(2)17-32(23)25(21)33)30-14-12-29(13-15-30)18-20-7-5-4-6-8-20/h3-10,16-17H,1,11-15,18H2,2H3/b22-16-. The number of carbonyl (C=O) groups excluding carboxylic acids is 1. The van der Waals surface area contributed by atoms with Crippen LogP contribution in [0.2, 0.25) is 0 Å². The van der Waals surface area contributed by atoms with Gasteiger partial charge in [-0.1, -0.05) is 66.5 Å². The molecule has 3 aromatic rings. The number of thioether (sulfide) groups is 1. The molecule has 2 aliphatic heterocycles. The first kappa shape index (κ1) is 24.4. The fraction of sp³-hybridized carbons (Fsp3) is 0.259. The van der Waals surface area contributed by atoms with Gasteiger partial charge in [0.2, 0.25) is 0 Å². The highest BCUT2D eigenvalue weighted by molar-refractivity contribution is 8.26. The predicted octanol–water partition coefficient (Wildman–Crippen LogP) is 3.71. The molecule has 4 heterocycles. The van der Waals surface area contributed by atoms with Crippen molar-refractivity contribution in [3.63, 3.8) is 0 Å². The van der Waals surface area contributed by atoms with Gasteiger partial charge in [-0.15, -0.1) is 6.58 Å². The van der Waals surface area contributed by atoms with Crippen molar-refractivity contribution in [3.8, 4) is 0 Å². The molecule has 1 aromatic carbocycles. The number of fused-ring (bicyclic) bond motifs is 1. The van der Waals surface area contributed by atoms with Gasteiger partial charge in [-0.05, 0) is 30.2 Å². The first-order valence-corrected chi connectivity index (χ1v) is 13.1. The summed E-state index contributed by atoms with van der Waals surface area (Å²) in [5, 5.41) is 0. The molecule has 36 heavy (non-hydrogen) atoms. The van der Waals surface area contributed by atoms with E-state index in [0.717, 1.165) is 38.3 Å². The zero-order chi connectivity index (χ0) is 25.2. The predicted molar refractivity (Wildman–Crippen MR) is 150 cm³/mol. The third kappa shape index (κ3) is 4.86. The van der Waals surface area contributed by atoms with Crippen LogP contribution < -0.4 is 10.5 Å². The van der Waals surface area contributed by atoms with Crippen molar-refractivity contribution in [3.05, 3.63) is 93.3 Å². The summed E-state index contributed by atoms with van der Waals surface area (Å²) >= 11 is 6.60. The van der Waals surface area contributed by atoms with Crippen molar-refractivity contribution in [1.82, 2.24) is 19.2 Å². The van der Waals surface area contributed by atoms with Crippen LogP contribution in [0.5, 0.6) is 0 Å². The number of aryl methyl sites for hydroxylation is 1. The molecule has 0 radical (unpaired) electrons. The van der Waals surface area contributed by atoms with E-state index < -0.39 is 0 Å². The zero-order valence-electron chi connectivity index (χ0n) is 20.1. The minimum absolute atomic E-state index is 0.195. The third-order valence-corrected chi connectivity index (χ3v) is 7.74. The van der Waals surface area contributed by atoms with Crippen molar-refractivity contribution in [1.29, 1.82) is 0 Å². The molecule has 0 saturated carbocycles. The van der Waals surface area contributed by atoms with Gasteiger partial charge in [-0.25, -0.2) is 4.98 Å². The molecule has 7 nitrogen and oxygen atoms in total. The van der Waals surface area contributed by atoms with Crippen LogP contribution in [0.25, 0.3) is 11.7 Å². The number of carbonyl (C=O) groups is 1. The Morgan fingerprint density at radius 2 is 1.83 bits per heavy atom. The maximum Gasteiger partial charge on any atom is 0.267 e. The number of pyridine rings is 1. The van der Waals surface area contributed by atoms with Gasteiger partial charge in [0, 0.05) is 45.5 Å². The first-order chi connectivity index (χ1) is 17.4. The van der Waals surface area contributed by atoms with E-state index in [-0.39, 0.29) is 11.5 Å². The number of aromatic nitrogens is 2. The number of amides is 1. The van der Waals surface area contributed by atoms with E-state index in [2.05, 4.69) is 40.6 Å². The number of hydrogen-bond donors (Lipinski definition) is 0. The molecule has 184 valence electrons. The zero-order valence-corrected chi connectivity index (χ0v) is 21.7. The molecule has 0 atom stereocenters. The molecular formula is C27H27N5O2S2. The molecule has 0 spiro atoms. The number of piperazine rings is 1. The van der Waals surface area contributed by atoms with E-state index in [9.17, 15) is 9.59 Å². The molecular weight excluding hydrogens is 490 g/mol. The van der Waals surface area contributed by atoms with Gasteiger partial charge < -0.3 is 4.90 Å². The second-order valence-corrected chi connectivity index (χ2v) is 10.6. The average Bonchev–Trinajstić information content (AvgIpc) is 3.15. The molecule has 0 unspecified atom stereocenters. The minimum Gasteiger partial charge on any atom is -0.353 e. The van der Waals surface area contributed by atoms with Crippen molar-refractivity contribution >= 4 is 51.7 Å². The lowest BCUT2D eigenvalue weighted by Gasteiger charge is -2.36. The Hall–Kier alpha value is -3.27. The molecule has 9 heteroatoms. The lowest BCUT2D eigenvalue weighted by Crippen LogP contribution is -2.47. The normalized spacial score (nSPS) is 18.0. The van der Waals surface area contributed by atoms with Crippen LogP contribution in [0, 0.1) is 6.92 Å². The highest BCUT2D eigenvalue weighted by Crippen LogP contribution is 2.33. The summed E-state index contributed by atoms with van der Waals surface area (Å²) in [5.41, 5.74) is 3.04. The SMILES string of the molecule is C=CCN1C(=O)/C(=C/c2c(N3CCN(Cc4ccccc4)CC3)nc3ccc(C)cn3c2=O)SC1=S. The Bertz CT molecular complexity index is 1430. The van der Waals surface area contributed by atoms with Crippen molar-refractivity contribution < 1.29 is 4.79 Å². The van der Waals surface area contributed by atoms with Crippen LogP contribution >= 0.6 is 24.0 Å². The van der Waals surface area contributed by atoms with Gasteiger partial charge in [-0.3, -0.25) is 23.8 Å². The van der Waals surface area contributed by atoms with Crippen LogP contribution in [0.1, 0.15) is 16.7 Å². The molecule has 0 bridgehead atoms. The van der Waals surface area contributed by atoms with E-state index in [4.69, 9.17) is 17.2 Å². The Balaban J connectivity index is 1.49. The Morgan fingerprint density at radius 3 is 2.56 bits per heavy atom. The highest BCUT2D eigenvalue weighted by Gasteiger charge is 2.32. The maximum absolute atomic E-state index is 13.7. The second-order valence-electron chi connectivity index (χ2n) is 8.92. The van der Waals surface area contributed by atoms with Gasteiger partial charge in [0.25, 0.3) is 11.5 Å². The number of anilines is 1. The minimum atomic E-state index is -0.211. The van der Waals surface area contributed by atoms with Crippen molar-refractivity contribution in [2.24, 2.45) is 0 Å². The fourth-order valence-corrected chi connectivity index (χ4v) is 5.75. The number of nitrogens with zero attached hydrogens (tertiary/aromatic N) is 5. The topological polar surface area (TPSA) is 61.2 Å². The Kier molecular flexibility index (Phi) is 7.04. The van der Waals surface area contributed by atoms with E-state index >= 15 is 0 Å². The highest BCUT2D eigenvalue weighted by atomic mass is 32.2. The van der Waals surface area contributed by atoms with Gasteiger partial charge >= 0.3 is 0 Å². The maximum atomic E-state index is 13.7. The molecule has 5 rings (SSSR count). The molecule has 1 amide bonds.